The number of nitrogen functional groups attached to an aromatic ring is 1. The Morgan fingerprint density at radius 3 is 2.35 bits per heavy atom. The van der Waals surface area contributed by atoms with Gasteiger partial charge < -0.3 is 11.1 Å². The summed E-state index contributed by atoms with van der Waals surface area (Å²) in [6.07, 6.45) is 1.25. The molecule has 0 radical (unpaired) electrons. The summed E-state index contributed by atoms with van der Waals surface area (Å²) >= 11 is 0. The molecule has 0 saturated carbocycles. The van der Waals surface area contributed by atoms with Crippen molar-refractivity contribution in [2.75, 3.05) is 23.9 Å². The van der Waals surface area contributed by atoms with Crippen molar-refractivity contribution in [1.29, 1.82) is 0 Å². The number of nitrogens with one attached hydrogen (secondary N) is 1. The summed E-state index contributed by atoms with van der Waals surface area (Å²) in [4.78, 5) is 0. The molecular weight excluding hydrogens is 236 g/mol. The first-order valence-corrected chi connectivity index (χ1v) is 7.31. The second-order valence-corrected chi connectivity index (χ2v) is 7.67. The molecule has 0 amide bonds. The van der Waals surface area contributed by atoms with Crippen LogP contribution in [0.3, 0.4) is 0 Å². The average Bonchev–Trinajstić information content (AvgIpc) is 2.11. The molecular formula is C12H20N2O2S. The van der Waals surface area contributed by atoms with E-state index in [0.717, 1.165) is 11.3 Å². The van der Waals surface area contributed by atoms with Gasteiger partial charge >= 0.3 is 0 Å². The van der Waals surface area contributed by atoms with Crippen LogP contribution in [0.25, 0.3) is 0 Å². The van der Waals surface area contributed by atoms with Gasteiger partial charge in [0.25, 0.3) is 0 Å². The standard InChI is InChI=1S/C12H20N2O2S/c1-9-5-10(13)7-11(6-9)14-8-12(2,3)17(4,15)16/h5-7,14H,8,13H2,1-4H3. The lowest BCUT2D eigenvalue weighted by molar-refractivity contribution is 0.560. The van der Waals surface area contributed by atoms with Crippen LogP contribution >= 0.6 is 0 Å². The van der Waals surface area contributed by atoms with Crippen LogP contribution in [0.2, 0.25) is 0 Å². The second kappa shape index (κ2) is 4.56. The fourth-order valence-electron chi connectivity index (χ4n) is 1.36. The number of nitrogens with two attached hydrogens (primary N) is 1. The van der Waals surface area contributed by atoms with Crippen molar-refractivity contribution in [1.82, 2.24) is 0 Å². The molecule has 0 aliphatic rings. The second-order valence-electron chi connectivity index (χ2n) is 5.02. The Morgan fingerprint density at radius 1 is 1.29 bits per heavy atom. The molecule has 96 valence electrons. The lowest BCUT2D eigenvalue weighted by Crippen LogP contribution is -2.38. The minimum absolute atomic E-state index is 0.356. The highest BCUT2D eigenvalue weighted by Gasteiger charge is 2.29. The third kappa shape index (κ3) is 3.63. The van der Waals surface area contributed by atoms with Crippen molar-refractivity contribution in [3.8, 4) is 0 Å². The molecule has 0 saturated heterocycles. The molecule has 0 fully saturated rings. The summed E-state index contributed by atoms with van der Waals surface area (Å²) in [6.45, 7) is 5.71. The van der Waals surface area contributed by atoms with E-state index in [1.807, 2.05) is 19.1 Å². The SMILES string of the molecule is Cc1cc(N)cc(NCC(C)(C)S(C)(=O)=O)c1. The predicted molar refractivity (Wildman–Crippen MR) is 73.0 cm³/mol. The number of anilines is 2. The van der Waals surface area contributed by atoms with Gasteiger partial charge in [-0.15, -0.1) is 0 Å². The van der Waals surface area contributed by atoms with Gasteiger partial charge in [0.15, 0.2) is 9.84 Å². The molecule has 0 atom stereocenters. The number of hydrogen-bond donors (Lipinski definition) is 2. The van der Waals surface area contributed by atoms with Crippen LogP contribution in [0.15, 0.2) is 18.2 Å². The van der Waals surface area contributed by atoms with Crippen LogP contribution in [0.1, 0.15) is 19.4 Å². The zero-order valence-electron chi connectivity index (χ0n) is 10.7. The van der Waals surface area contributed by atoms with E-state index in [1.54, 1.807) is 19.9 Å². The van der Waals surface area contributed by atoms with E-state index in [2.05, 4.69) is 5.32 Å². The summed E-state index contributed by atoms with van der Waals surface area (Å²) in [6, 6.07) is 5.60. The first-order chi connectivity index (χ1) is 7.62. The largest absolute Gasteiger partial charge is 0.399 e. The maximum atomic E-state index is 11.5. The van der Waals surface area contributed by atoms with E-state index in [0.29, 0.717) is 12.2 Å². The van der Waals surface area contributed by atoms with Crippen LogP contribution in [-0.2, 0) is 9.84 Å². The van der Waals surface area contributed by atoms with Gasteiger partial charge in [-0.25, -0.2) is 8.42 Å². The first kappa shape index (κ1) is 13.8. The maximum Gasteiger partial charge on any atom is 0.154 e. The Bertz CT molecular complexity index is 487. The number of aryl methyl sites for hydroxylation is 1. The Balaban J connectivity index is 2.81. The van der Waals surface area contributed by atoms with Crippen molar-refractivity contribution < 1.29 is 8.42 Å². The number of sulfone groups is 1. The van der Waals surface area contributed by atoms with E-state index in [9.17, 15) is 8.42 Å². The zero-order valence-corrected chi connectivity index (χ0v) is 11.6. The molecule has 0 aliphatic carbocycles. The Morgan fingerprint density at radius 2 is 1.88 bits per heavy atom. The molecule has 0 heterocycles. The topological polar surface area (TPSA) is 72.2 Å². The smallest absolute Gasteiger partial charge is 0.154 e. The molecule has 1 aromatic carbocycles. The Labute approximate surface area is 103 Å². The fraction of sp³-hybridized carbons (Fsp3) is 0.500. The van der Waals surface area contributed by atoms with E-state index < -0.39 is 14.6 Å². The molecule has 0 bridgehead atoms. The maximum absolute atomic E-state index is 11.5. The van der Waals surface area contributed by atoms with Crippen molar-refractivity contribution in [2.45, 2.75) is 25.5 Å². The van der Waals surface area contributed by atoms with Crippen LogP contribution in [0.4, 0.5) is 11.4 Å². The van der Waals surface area contributed by atoms with E-state index in [-0.39, 0.29) is 0 Å². The molecule has 1 aromatic rings. The molecule has 4 nitrogen and oxygen atoms in total. The van der Waals surface area contributed by atoms with E-state index >= 15 is 0 Å². The van der Waals surface area contributed by atoms with Gasteiger partial charge in [0.05, 0.1) is 4.75 Å². The zero-order chi connectivity index (χ0) is 13.3. The molecule has 0 aromatic heterocycles. The van der Waals surface area contributed by atoms with Gasteiger partial charge in [0.2, 0.25) is 0 Å². The number of benzene rings is 1. The normalized spacial score (nSPS) is 12.5. The summed E-state index contributed by atoms with van der Waals surface area (Å²) in [7, 11) is -3.09. The van der Waals surface area contributed by atoms with Crippen molar-refractivity contribution in [3.05, 3.63) is 23.8 Å². The Kier molecular flexibility index (Phi) is 3.71. The highest BCUT2D eigenvalue weighted by Crippen LogP contribution is 2.19. The van der Waals surface area contributed by atoms with Crippen LogP contribution in [0.5, 0.6) is 0 Å². The molecule has 0 aliphatic heterocycles. The summed E-state index contributed by atoms with van der Waals surface area (Å²) < 4.78 is 22.3. The molecule has 3 N–H and O–H groups in total. The summed E-state index contributed by atoms with van der Waals surface area (Å²) in [5.41, 5.74) is 8.29. The average molecular weight is 256 g/mol. The van der Waals surface area contributed by atoms with Crippen LogP contribution < -0.4 is 11.1 Å². The fourth-order valence-corrected chi connectivity index (χ4v) is 1.70. The monoisotopic (exact) mass is 256 g/mol. The molecule has 1 rings (SSSR count). The van der Waals surface area contributed by atoms with Crippen LogP contribution in [0, 0.1) is 6.92 Å². The van der Waals surface area contributed by atoms with E-state index in [4.69, 9.17) is 5.73 Å². The van der Waals surface area contributed by atoms with Gasteiger partial charge in [0, 0.05) is 24.2 Å². The highest BCUT2D eigenvalue weighted by atomic mass is 32.2. The van der Waals surface area contributed by atoms with Gasteiger partial charge in [-0.3, -0.25) is 0 Å². The quantitative estimate of drug-likeness (QED) is 0.806. The van der Waals surface area contributed by atoms with Gasteiger partial charge in [-0.1, -0.05) is 0 Å². The van der Waals surface area contributed by atoms with Gasteiger partial charge in [-0.05, 0) is 44.5 Å². The van der Waals surface area contributed by atoms with Gasteiger partial charge in [-0.2, -0.15) is 0 Å². The first-order valence-electron chi connectivity index (χ1n) is 5.42. The van der Waals surface area contributed by atoms with Crippen molar-refractivity contribution in [3.63, 3.8) is 0 Å². The minimum atomic E-state index is -3.09. The third-order valence-electron chi connectivity index (χ3n) is 2.82. The number of rotatable bonds is 4. The minimum Gasteiger partial charge on any atom is -0.399 e. The van der Waals surface area contributed by atoms with Crippen LogP contribution in [-0.4, -0.2) is 26.0 Å². The Hall–Kier alpha value is -1.23. The molecule has 0 unspecified atom stereocenters. The summed E-state index contributed by atoms with van der Waals surface area (Å²) in [5.74, 6) is 0. The molecule has 17 heavy (non-hydrogen) atoms. The number of hydrogen-bond acceptors (Lipinski definition) is 4. The predicted octanol–water partition coefficient (Wildman–Crippen LogP) is 1.81. The van der Waals surface area contributed by atoms with Crippen molar-refractivity contribution >= 4 is 21.2 Å². The lowest BCUT2D eigenvalue weighted by Gasteiger charge is -2.23. The van der Waals surface area contributed by atoms with E-state index in [1.165, 1.54) is 6.26 Å². The lowest BCUT2D eigenvalue weighted by atomic mass is 10.1. The molecule has 0 spiro atoms. The summed E-state index contributed by atoms with van der Waals surface area (Å²) in [5, 5.41) is 3.11. The highest BCUT2D eigenvalue weighted by molar-refractivity contribution is 7.92. The van der Waals surface area contributed by atoms with Crippen molar-refractivity contribution in [2.24, 2.45) is 0 Å². The molecule has 5 heteroatoms. The third-order valence-corrected chi connectivity index (χ3v) is 4.97. The van der Waals surface area contributed by atoms with Gasteiger partial charge in [0.1, 0.15) is 0 Å².